The third kappa shape index (κ3) is 5.15. The van der Waals surface area contributed by atoms with Gasteiger partial charge in [0.25, 0.3) is 0 Å². The summed E-state index contributed by atoms with van der Waals surface area (Å²) >= 11 is 6.00. The number of urea groups is 1. The molecule has 4 aromatic rings. The summed E-state index contributed by atoms with van der Waals surface area (Å²) in [6.45, 7) is 2.70. The summed E-state index contributed by atoms with van der Waals surface area (Å²) in [6.07, 6.45) is 0. The third-order valence-electron chi connectivity index (χ3n) is 4.83. The van der Waals surface area contributed by atoms with Gasteiger partial charge in [-0.2, -0.15) is 0 Å². The average molecular weight is 450 g/mol. The maximum absolute atomic E-state index is 13.0. The van der Waals surface area contributed by atoms with Crippen molar-refractivity contribution in [3.63, 3.8) is 0 Å². The molecule has 0 aliphatic rings. The van der Waals surface area contributed by atoms with E-state index in [2.05, 4.69) is 10.6 Å². The van der Waals surface area contributed by atoms with Crippen molar-refractivity contribution in [3.8, 4) is 17.0 Å². The quantitative estimate of drug-likeness (QED) is 0.357. The van der Waals surface area contributed by atoms with Gasteiger partial charge in [0, 0.05) is 34.3 Å². The first kappa shape index (κ1) is 21.6. The van der Waals surface area contributed by atoms with Crippen molar-refractivity contribution in [1.29, 1.82) is 0 Å². The van der Waals surface area contributed by atoms with Crippen molar-refractivity contribution < 1.29 is 13.9 Å². The monoisotopic (exact) mass is 449 g/mol. The molecule has 162 valence electrons. The van der Waals surface area contributed by atoms with E-state index in [-0.39, 0.29) is 18.4 Å². The number of rotatable bonds is 6. The highest BCUT2D eigenvalue weighted by atomic mass is 35.5. The van der Waals surface area contributed by atoms with E-state index in [4.69, 9.17) is 21.3 Å². The molecule has 0 saturated heterocycles. The summed E-state index contributed by atoms with van der Waals surface area (Å²) in [4.78, 5) is 17.1. The Morgan fingerprint density at radius 2 is 1.78 bits per heavy atom. The van der Waals surface area contributed by atoms with E-state index in [1.165, 1.54) is 12.1 Å². The summed E-state index contributed by atoms with van der Waals surface area (Å²) in [7, 11) is 0. The minimum absolute atomic E-state index is 0.288. The lowest BCUT2D eigenvalue weighted by Gasteiger charge is -2.13. The fourth-order valence-corrected chi connectivity index (χ4v) is 3.40. The van der Waals surface area contributed by atoms with E-state index in [1.807, 2.05) is 49.4 Å². The summed E-state index contributed by atoms with van der Waals surface area (Å²) in [5.41, 5.74) is 3.86. The van der Waals surface area contributed by atoms with Crippen LogP contribution in [0.4, 0.5) is 14.9 Å². The van der Waals surface area contributed by atoms with Crippen molar-refractivity contribution >= 4 is 34.2 Å². The normalized spacial score (nSPS) is 10.7. The lowest BCUT2D eigenvalue weighted by atomic mass is 10.1. The second-order valence-corrected chi connectivity index (χ2v) is 7.55. The highest BCUT2D eigenvalue weighted by Gasteiger charge is 2.11. The molecule has 0 saturated carbocycles. The number of carbonyl (C=O) groups excluding carboxylic acids is 1. The lowest BCUT2D eigenvalue weighted by molar-refractivity contribution is 0.251. The number of hydrogen-bond donors (Lipinski definition) is 2. The Morgan fingerprint density at radius 1 is 1.03 bits per heavy atom. The summed E-state index contributed by atoms with van der Waals surface area (Å²) < 4.78 is 18.9. The Balaban J connectivity index is 1.55. The predicted molar refractivity (Wildman–Crippen MR) is 126 cm³/mol. The molecule has 0 bridgehead atoms. The number of nitrogens with one attached hydrogen (secondary N) is 2. The van der Waals surface area contributed by atoms with Crippen molar-refractivity contribution in [2.75, 3.05) is 11.9 Å². The van der Waals surface area contributed by atoms with E-state index in [1.54, 1.807) is 18.2 Å². The van der Waals surface area contributed by atoms with Crippen LogP contribution in [-0.4, -0.2) is 17.6 Å². The molecule has 0 unspecified atom stereocenters. The molecule has 0 aliphatic carbocycles. The number of fused-ring (bicyclic) bond motifs is 1. The van der Waals surface area contributed by atoms with Crippen molar-refractivity contribution in [2.45, 2.75) is 13.5 Å². The van der Waals surface area contributed by atoms with Gasteiger partial charge in [-0.15, -0.1) is 0 Å². The van der Waals surface area contributed by atoms with Crippen LogP contribution in [0.1, 0.15) is 12.5 Å². The number of aromatic nitrogens is 1. The number of carbonyl (C=O) groups is 1. The van der Waals surface area contributed by atoms with Gasteiger partial charge in [0.2, 0.25) is 0 Å². The van der Waals surface area contributed by atoms with Gasteiger partial charge >= 0.3 is 6.03 Å². The fraction of sp³-hybridized carbons (Fsp3) is 0.120. The van der Waals surface area contributed by atoms with Crippen LogP contribution < -0.4 is 15.4 Å². The van der Waals surface area contributed by atoms with Crippen molar-refractivity contribution in [1.82, 2.24) is 10.3 Å². The molecule has 5 nitrogen and oxygen atoms in total. The second kappa shape index (κ2) is 9.66. The van der Waals surface area contributed by atoms with E-state index in [0.717, 1.165) is 27.7 Å². The molecule has 7 heteroatoms. The van der Waals surface area contributed by atoms with Crippen LogP contribution >= 0.6 is 11.6 Å². The van der Waals surface area contributed by atoms with Crippen LogP contribution in [0.2, 0.25) is 5.02 Å². The molecule has 3 aromatic carbocycles. The molecule has 0 aliphatic heterocycles. The molecule has 0 atom stereocenters. The van der Waals surface area contributed by atoms with Crippen LogP contribution in [-0.2, 0) is 6.54 Å². The summed E-state index contributed by atoms with van der Waals surface area (Å²) in [5.74, 6) is 0.366. The first-order chi connectivity index (χ1) is 15.5. The highest BCUT2D eigenvalue weighted by Crippen LogP contribution is 2.32. The number of benzene rings is 3. The number of anilines is 1. The zero-order valence-corrected chi connectivity index (χ0v) is 18.1. The maximum atomic E-state index is 13.0. The van der Waals surface area contributed by atoms with Gasteiger partial charge in [0.05, 0.1) is 17.8 Å². The van der Waals surface area contributed by atoms with Gasteiger partial charge in [-0.1, -0.05) is 35.9 Å². The largest absolute Gasteiger partial charge is 0.493 e. The SMILES string of the molecule is CCOc1cc(-c2ccc(Cl)cc2)nc2ccc(NC(=O)NCc3ccc(F)cc3)cc12. The number of amides is 2. The Bertz CT molecular complexity index is 1240. The molecular formula is C25H21ClFN3O2. The molecule has 32 heavy (non-hydrogen) atoms. The molecule has 0 spiro atoms. The van der Waals surface area contributed by atoms with Gasteiger partial charge in [-0.05, 0) is 55.0 Å². The van der Waals surface area contributed by atoms with Crippen LogP contribution in [0.25, 0.3) is 22.2 Å². The molecule has 0 fully saturated rings. The lowest BCUT2D eigenvalue weighted by Crippen LogP contribution is -2.28. The molecule has 2 N–H and O–H groups in total. The van der Waals surface area contributed by atoms with E-state index >= 15 is 0 Å². The van der Waals surface area contributed by atoms with E-state index < -0.39 is 0 Å². The minimum atomic E-state index is -0.364. The number of ether oxygens (including phenoxy) is 1. The van der Waals surface area contributed by atoms with E-state index in [0.29, 0.717) is 23.1 Å². The molecule has 2 amide bonds. The standard InChI is InChI=1S/C25H21ClFN3O2/c1-2-32-24-14-23(17-5-7-18(26)8-6-17)30-22-12-11-20(13-21(22)24)29-25(31)28-15-16-3-9-19(27)10-4-16/h3-14H,2,15H2,1H3,(H2,28,29,31). The molecular weight excluding hydrogens is 429 g/mol. The van der Waals surface area contributed by atoms with Gasteiger partial charge in [0.15, 0.2) is 0 Å². The first-order valence-corrected chi connectivity index (χ1v) is 10.5. The van der Waals surface area contributed by atoms with Crippen molar-refractivity contribution in [3.05, 3.63) is 89.2 Å². The summed E-state index contributed by atoms with van der Waals surface area (Å²) in [5, 5.41) is 7.03. The predicted octanol–water partition coefficient (Wildman–Crippen LogP) is 6.41. The molecule has 1 heterocycles. The number of nitrogens with zero attached hydrogens (tertiary/aromatic N) is 1. The zero-order valence-electron chi connectivity index (χ0n) is 17.4. The minimum Gasteiger partial charge on any atom is -0.493 e. The van der Waals surface area contributed by atoms with Crippen LogP contribution in [0, 0.1) is 5.82 Å². The Labute approximate surface area is 190 Å². The average Bonchev–Trinajstić information content (AvgIpc) is 2.79. The van der Waals surface area contributed by atoms with E-state index in [9.17, 15) is 9.18 Å². The smallest absolute Gasteiger partial charge is 0.319 e. The van der Waals surface area contributed by atoms with Crippen LogP contribution in [0.5, 0.6) is 5.75 Å². The third-order valence-corrected chi connectivity index (χ3v) is 5.09. The summed E-state index contributed by atoms with van der Waals surface area (Å²) in [6, 6.07) is 20.4. The Morgan fingerprint density at radius 3 is 2.50 bits per heavy atom. The molecule has 1 aromatic heterocycles. The second-order valence-electron chi connectivity index (χ2n) is 7.11. The fourth-order valence-electron chi connectivity index (χ4n) is 3.28. The number of hydrogen-bond acceptors (Lipinski definition) is 3. The zero-order chi connectivity index (χ0) is 22.5. The highest BCUT2D eigenvalue weighted by molar-refractivity contribution is 6.30. The number of pyridine rings is 1. The van der Waals surface area contributed by atoms with Gasteiger partial charge in [-0.3, -0.25) is 0 Å². The molecule has 0 radical (unpaired) electrons. The van der Waals surface area contributed by atoms with Gasteiger partial charge in [-0.25, -0.2) is 14.2 Å². The van der Waals surface area contributed by atoms with Crippen LogP contribution in [0.3, 0.4) is 0 Å². The topological polar surface area (TPSA) is 63.2 Å². The molecule has 4 rings (SSSR count). The maximum Gasteiger partial charge on any atom is 0.319 e. The van der Waals surface area contributed by atoms with Gasteiger partial charge < -0.3 is 15.4 Å². The number of halogens is 2. The Kier molecular flexibility index (Phi) is 6.52. The van der Waals surface area contributed by atoms with Crippen LogP contribution in [0.15, 0.2) is 72.8 Å². The Hall–Kier alpha value is -3.64. The van der Waals surface area contributed by atoms with Gasteiger partial charge in [0.1, 0.15) is 11.6 Å². The van der Waals surface area contributed by atoms with Crippen molar-refractivity contribution in [2.24, 2.45) is 0 Å². The first-order valence-electron chi connectivity index (χ1n) is 10.1.